The average molecular weight is 330 g/mol. The normalized spacial score (nSPS) is 16.3. The highest BCUT2D eigenvalue weighted by molar-refractivity contribution is 5.47. The van der Waals surface area contributed by atoms with Gasteiger partial charge in [-0.25, -0.2) is 9.97 Å². The van der Waals surface area contributed by atoms with E-state index in [4.69, 9.17) is 4.52 Å². The molecule has 2 aromatic rings. The minimum absolute atomic E-state index is 0.471. The largest absolute Gasteiger partial charge is 0.367 e. The summed E-state index contributed by atoms with van der Waals surface area (Å²) in [7, 11) is 3.97. The number of nitrogens with one attached hydrogen (secondary N) is 1. The first-order valence-corrected chi connectivity index (χ1v) is 8.50. The number of anilines is 2. The molecule has 3 rings (SSSR count). The highest BCUT2D eigenvalue weighted by Gasteiger charge is 2.19. The van der Waals surface area contributed by atoms with E-state index in [1.807, 2.05) is 38.1 Å². The molecule has 0 spiro atoms. The van der Waals surface area contributed by atoms with E-state index in [-0.39, 0.29) is 0 Å². The molecule has 3 heterocycles. The van der Waals surface area contributed by atoms with Gasteiger partial charge in [-0.2, -0.15) is 0 Å². The second-order valence-electron chi connectivity index (χ2n) is 6.60. The van der Waals surface area contributed by atoms with Crippen molar-refractivity contribution in [2.24, 2.45) is 0 Å². The number of hydrogen-bond donors (Lipinski definition) is 1. The molecule has 24 heavy (non-hydrogen) atoms. The van der Waals surface area contributed by atoms with E-state index in [0.29, 0.717) is 6.04 Å². The minimum atomic E-state index is 0.471. The predicted molar refractivity (Wildman–Crippen MR) is 94.4 cm³/mol. The standard InChI is InChI=1S/C17H26N6O/c1-13-10-15(24-21-13)6-9-23-7-4-14(5-8-23)20-16-11-17(22(2)3)19-12-18-16/h10-12,14H,4-9H2,1-3H3,(H,18,19,20). The monoisotopic (exact) mass is 330 g/mol. The van der Waals surface area contributed by atoms with E-state index in [2.05, 4.69) is 25.3 Å². The molecule has 0 bridgehead atoms. The summed E-state index contributed by atoms with van der Waals surface area (Å²) in [5.74, 6) is 2.81. The summed E-state index contributed by atoms with van der Waals surface area (Å²) in [6.45, 7) is 5.17. The van der Waals surface area contributed by atoms with E-state index in [0.717, 1.165) is 62.0 Å². The summed E-state index contributed by atoms with van der Waals surface area (Å²) < 4.78 is 5.28. The van der Waals surface area contributed by atoms with Crippen LogP contribution in [-0.4, -0.2) is 59.8 Å². The predicted octanol–water partition coefficient (Wildman–Crippen LogP) is 1.96. The Morgan fingerprint density at radius 3 is 2.71 bits per heavy atom. The van der Waals surface area contributed by atoms with Gasteiger partial charge in [0, 0.05) is 58.3 Å². The molecule has 7 heteroatoms. The van der Waals surface area contributed by atoms with Crippen LogP contribution in [-0.2, 0) is 6.42 Å². The lowest BCUT2D eigenvalue weighted by molar-refractivity contribution is 0.215. The molecule has 1 N–H and O–H groups in total. The summed E-state index contributed by atoms with van der Waals surface area (Å²) in [5, 5.41) is 7.48. The van der Waals surface area contributed by atoms with Gasteiger partial charge in [-0.05, 0) is 19.8 Å². The number of hydrogen-bond acceptors (Lipinski definition) is 7. The Kier molecular flexibility index (Phi) is 5.30. The second kappa shape index (κ2) is 7.61. The number of rotatable bonds is 6. The molecule has 7 nitrogen and oxygen atoms in total. The van der Waals surface area contributed by atoms with Crippen LogP contribution < -0.4 is 10.2 Å². The van der Waals surface area contributed by atoms with Crippen molar-refractivity contribution in [3.8, 4) is 0 Å². The van der Waals surface area contributed by atoms with E-state index in [1.54, 1.807) is 6.33 Å². The zero-order valence-corrected chi connectivity index (χ0v) is 14.7. The van der Waals surface area contributed by atoms with Crippen molar-refractivity contribution in [3.63, 3.8) is 0 Å². The molecule has 0 radical (unpaired) electrons. The second-order valence-corrected chi connectivity index (χ2v) is 6.60. The fourth-order valence-electron chi connectivity index (χ4n) is 2.98. The van der Waals surface area contributed by atoms with Gasteiger partial charge in [-0.15, -0.1) is 0 Å². The lowest BCUT2D eigenvalue weighted by Crippen LogP contribution is -2.40. The molecule has 0 atom stereocenters. The maximum Gasteiger partial charge on any atom is 0.138 e. The zero-order valence-electron chi connectivity index (χ0n) is 14.7. The first-order chi connectivity index (χ1) is 11.6. The van der Waals surface area contributed by atoms with Gasteiger partial charge in [-0.3, -0.25) is 0 Å². The number of nitrogens with zero attached hydrogens (tertiary/aromatic N) is 5. The molecular formula is C17H26N6O. The van der Waals surface area contributed by atoms with E-state index in [9.17, 15) is 0 Å². The molecule has 1 aliphatic rings. The summed E-state index contributed by atoms with van der Waals surface area (Å²) in [6, 6.07) is 4.49. The molecule has 130 valence electrons. The molecule has 1 fully saturated rings. The number of aryl methyl sites for hydroxylation is 1. The van der Waals surface area contributed by atoms with Crippen LogP contribution in [0.4, 0.5) is 11.6 Å². The SMILES string of the molecule is Cc1cc(CCN2CCC(Nc3cc(N(C)C)ncn3)CC2)on1. The summed E-state index contributed by atoms with van der Waals surface area (Å²) >= 11 is 0. The molecule has 0 saturated carbocycles. The van der Waals surface area contributed by atoms with Crippen LogP contribution in [0.3, 0.4) is 0 Å². The van der Waals surface area contributed by atoms with E-state index >= 15 is 0 Å². The van der Waals surface area contributed by atoms with Gasteiger partial charge >= 0.3 is 0 Å². The summed E-state index contributed by atoms with van der Waals surface area (Å²) in [6.07, 6.45) is 4.79. The number of piperidine rings is 1. The molecule has 0 aromatic carbocycles. The zero-order chi connectivity index (χ0) is 16.9. The van der Waals surface area contributed by atoms with Crippen LogP contribution >= 0.6 is 0 Å². The minimum Gasteiger partial charge on any atom is -0.367 e. The smallest absolute Gasteiger partial charge is 0.138 e. The van der Waals surface area contributed by atoms with Gasteiger partial charge in [0.15, 0.2) is 0 Å². The third kappa shape index (κ3) is 4.44. The Hall–Kier alpha value is -2.15. The summed E-state index contributed by atoms with van der Waals surface area (Å²) in [4.78, 5) is 13.1. The Morgan fingerprint density at radius 1 is 1.25 bits per heavy atom. The third-order valence-electron chi connectivity index (χ3n) is 4.40. The molecule has 1 saturated heterocycles. The van der Waals surface area contributed by atoms with Crippen molar-refractivity contribution in [1.82, 2.24) is 20.0 Å². The Balaban J connectivity index is 1.44. The molecule has 1 aliphatic heterocycles. The lowest BCUT2D eigenvalue weighted by atomic mass is 10.0. The maximum atomic E-state index is 5.28. The van der Waals surface area contributed by atoms with Crippen molar-refractivity contribution in [2.45, 2.75) is 32.2 Å². The molecule has 0 unspecified atom stereocenters. The Labute approximate surface area is 143 Å². The fourth-order valence-corrected chi connectivity index (χ4v) is 2.98. The van der Waals surface area contributed by atoms with Crippen molar-refractivity contribution in [1.29, 1.82) is 0 Å². The number of likely N-dealkylation sites (tertiary alicyclic amines) is 1. The van der Waals surface area contributed by atoms with E-state index in [1.165, 1.54) is 0 Å². The molecule has 2 aromatic heterocycles. The summed E-state index contributed by atoms with van der Waals surface area (Å²) in [5.41, 5.74) is 0.954. The van der Waals surface area contributed by atoms with Crippen LogP contribution in [0.1, 0.15) is 24.3 Å². The van der Waals surface area contributed by atoms with Crippen LogP contribution in [0.2, 0.25) is 0 Å². The highest BCUT2D eigenvalue weighted by Crippen LogP contribution is 2.18. The van der Waals surface area contributed by atoms with Crippen molar-refractivity contribution < 1.29 is 4.52 Å². The van der Waals surface area contributed by atoms with Gasteiger partial charge in [-0.1, -0.05) is 5.16 Å². The Bertz CT molecular complexity index is 648. The van der Waals surface area contributed by atoms with Crippen molar-refractivity contribution in [3.05, 3.63) is 29.9 Å². The fraction of sp³-hybridized carbons (Fsp3) is 0.588. The molecule has 0 aliphatic carbocycles. The van der Waals surface area contributed by atoms with Gasteiger partial charge in [0.05, 0.1) is 5.69 Å². The third-order valence-corrected chi connectivity index (χ3v) is 4.40. The lowest BCUT2D eigenvalue weighted by Gasteiger charge is -2.32. The van der Waals surface area contributed by atoms with Gasteiger partial charge in [0.2, 0.25) is 0 Å². The average Bonchev–Trinajstić information content (AvgIpc) is 3.00. The van der Waals surface area contributed by atoms with Gasteiger partial charge in [0.25, 0.3) is 0 Å². The van der Waals surface area contributed by atoms with Crippen molar-refractivity contribution in [2.75, 3.05) is 43.9 Å². The van der Waals surface area contributed by atoms with Gasteiger partial charge in [0.1, 0.15) is 23.7 Å². The van der Waals surface area contributed by atoms with Crippen LogP contribution in [0.25, 0.3) is 0 Å². The van der Waals surface area contributed by atoms with Crippen molar-refractivity contribution >= 4 is 11.6 Å². The first kappa shape index (κ1) is 16.7. The Morgan fingerprint density at radius 2 is 2.04 bits per heavy atom. The van der Waals surface area contributed by atoms with Crippen LogP contribution in [0.5, 0.6) is 0 Å². The van der Waals surface area contributed by atoms with Crippen LogP contribution in [0.15, 0.2) is 23.0 Å². The number of aromatic nitrogens is 3. The molecule has 0 amide bonds. The quantitative estimate of drug-likeness (QED) is 0.868. The van der Waals surface area contributed by atoms with Crippen LogP contribution in [0, 0.1) is 6.92 Å². The topological polar surface area (TPSA) is 70.3 Å². The first-order valence-electron chi connectivity index (χ1n) is 8.50. The van der Waals surface area contributed by atoms with Gasteiger partial charge < -0.3 is 19.6 Å². The maximum absolute atomic E-state index is 5.28. The van der Waals surface area contributed by atoms with E-state index < -0.39 is 0 Å². The highest BCUT2D eigenvalue weighted by atomic mass is 16.5. The molecular weight excluding hydrogens is 304 g/mol.